The summed E-state index contributed by atoms with van der Waals surface area (Å²) >= 11 is 9.83. The lowest BCUT2D eigenvalue weighted by Crippen LogP contribution is -2.39. The lowest BCUT2D eigenvalue weighted by molar-refractivity contribution is -0.649. The third kappa shape index (κ3) is 6.40. The molecule has 0 unspecified atom stereocenters. The minimum atomic E-state index is -4.29. The van der Waals surface area contributed by atoms with Gasteiger partial charge >= 0.3 is 10.1 Å². The van der Waals surface area contributed by atoms with Crippen molar-refractivity contribution in [2.24, 2.45) is 0 Å². The molecule has 0 spiro atoms. The van der Waals surface area contributed by atoms with Crippen LogP contribution in [-0.2, 0) is 26.1 Å². The molecule has 14 heteroatoms. The topological polar surface area (TPSA) is 116 Å². The summed E-state index contributed by atoms with van der Waals surface area (Å²) in [6, 6.07) is 11.4. The van der Waals surface area contributed by atoms with Gasteiger partial charge < -0.3 is 4.90 Å². The van der Waals surface area contributed by atoms with Gasteiger partial charge in [-0.25, -0.2) is 0 Å². The van der Waals surface area contributed by atoms with Crippen molar-refractivity contribution < 1.29 is 30.5 Å². The fourth-order valence-corrected chi connectivity index (χ4v) is 7.76. The van der Waals surface area contributed by atoms with Crippen molar-refractivity contribution in [2.45, 2.75) is 23.6 Å². The molecule has 2 heterocycles. The zero-order valence-electron chi connectivity index (χ0n) is 17.4. The lowest BCUT2D eigenvalue weighted by atomic mass is 10.2. The monoisotopic (exact) mass is 669 g/mol. The van der Waals surface area contributed by atoms with Crippen molar-refractivity contribution in [3.63, 3.8) is 0 Å². The van der Waals surface area contributed by atoms with Gasteiger partial charge in [0, 0.05) is 26.5 Å². The van der Waals surface area contributed by atoms with Gasteiger partial charge in [0.2, 0.25) is 5.52 Å². The molecule has 8 nitrogen and oxygen atoms in total. The molecule has 0 aliphatic carbocycles. The largest absolute Gasteiger partial charge is 0.335 e. The van der Waals surface area contributed by atoms with Crippen molar-refractivity contribution in [3.8, 4) is 0 Å². The Morgan fingerprint density at radius 1 is 0.971 bits per heavy atom. The molecular weight excluding hydrogens is 652 g/mol. The smallest absolute Gasteiger partial charge is 0.326 e. The first-order valence-corrected chi connectivity index (χ1v) is 16.3. The van der Waals surface area contributed by atoms with Crippen LogP contribution in [0.1, 0.15) is 17.8 Å². The summed E-state index contributed by atoms with van der Waals surface area (Å²) in [5.74, 6) is -0.891. The molecule has 3 aromatic rings. The van der Waals surface area contributed by atoms with E-state index in [1.165, 1.54) is 23.1 Å². The van der Waals surface area contributed by atoms with Gasteiger partial charge in [-0.2, -0.15) is 21.4 Å². The van der Waals surface area contributed by atoms with E-state index in [1.807, 2.05) is 41.3 Å². The minimum absolute atomic E-state index is 0.302. The summed E-state index contributed by atoms with van der Waals surface area (Å²) in [6.45, 7) is 0.506. The molecule has 0 radical (unpaired) electrons. The lowest BCUT2D eigenvalue weighted by Gasteiger charge is -2.20. The van der Waals surface area contributed by atoms with Crippen LogP contribution in [0.5, 0.6) is 0 Å². The van der Waals surface area contributed by atoms with Crippen molar-refractivity contribution in [2.75, 3.05) is 17.2 Å². The van der Waals surface area contributed by atoms with Gasteiger partial charge in [-0.15, -0.1) is 0 Å². The van der Waals surface area contributed by atoms with E-state index in [2.05, 4.69) is 31.9 Å². The van der Waals surface area contributed by atoms with Crippen LogP contribution in [0.3, 0.4) is 0 Å². The van der Waals surface area contributed by atoms with Crippen LogP contribution in [0, 0.1) is 0 Å². The summed E-state index contributed by atoms with van der Waals surface area (Å²) in [5, 5.41) is 1.48. The third-order valence-electron chi connectivity index (χ3n) is 4.96. The number of hydrogen-bond acceptors (Lipinski definition) is 7. The van der Waals surface area contributed by atoms with Crippen LogP contribution in [0.25, 0.3) is 16.3 Å². The molecule has 1 aromatic heterocycles. The molecule has 0 fully saturated rings. The Hall–Kier alpha value is -1.00. The highest BCUT2D eigenvalue weighted by Gasteiger charge is 2.29. The molecule has 0 bridgehead atoms. The zero-order chi connectivity index (χ0) is 24.7. The summed E-state index contributed by atoms with van der Waals surface area (Å²) in [4.78, 5) is 3.06. The average Bonchev–Trinajstić information content (AvgIpc) is 3.21. The van der Waals surface area contributed by atoms with Gasteiger partial charge in [0.1, 0.15) is 4.70 Å². The van der Waals surface area contributed by atoms with Crippen LogP contribution in [0.2, 0.25) is 0 Å². The number of nitrogens with zero attached hydrogens (tertiary/aromatic N) is 2. The van der Waals surface area contributed by atoms with Crippen molar-refractivity contribution in [1.29, 1.82) is 0 Å². The van der Waals surface area contributed by atoms with Gasteiger partial charge in [-0.1, -0.05) is 55.0 Å². The molecule has 182 valence electrons. The molecule has 0 atom stereocenters. The Kier molecular flexibility index (Phi) is 7.80. The number of thiazole rings is 1. The molecule has 0 saturated carbocycles. The second-order valence-electron chi connectivity index (χ2n) is 7.53. The highest BCUT2D eigenvalue weighted by molar-refractivity contribution is 9.10. The number of hydrogen-bond donors (Lipinski definition) is 2. The van der Waals surface area contributed by atoms with E-state index in [-0.39, 0.29) is 5.75 Å². The van der Waals surface area contributed by atoms with Crippen LogP contribution in [0.4, 0.5) is 5.69 Å². The average molecular weight is 671 g/mol. The summed E-state index contributed by atoms with van der Waals surface area (Å²) in [7, 11) is -8.32. The van der Waals surface area contributed by atoms with E-state index in [4.69, 9.17) is 4.55 Å². The number of halogens is 2. The highest BCUT2D eigenvalue weighted by atomic mass is 79.9. The zero-order valence-corrected chi connectivity index (χ0v) is 23.8. The molecule has 1 aliphatic heterocycles. The Morgan fingerprint density at radius 3 is 2.38 bits per heavy atom. The second kappa shape index (κ2) is 10.2. The Bertz CT molecular complexity index is 1500. The van der Waals surface area contributed by atoms with Crippen LogP contribution in [-0.4, -0.2) is 38.2 Å². The Labute approximate surface area is 222 Å². The van der Waals surface area contributed by atoms with Crippen molar-refractivity contribution in [1.82, 2.24) is 0 Å². The number of aromatic nitrogens is 1. The third-order valence-corrected chi connectivity index (χ3v) is 9.56. The predicted octanol–water partition coefficient (Wildman–Crippen LogP) is 5.14. The number of thioether (sulfide) groups is 1. The van der Waals surface area contributed by atoms with Crippen molar-refractivity contribution in [3.05, 3.63) is 55.4 Å². The van der Waals surface area contributed by atoms with Crippen LogP contribution < -0.4 is 9.47 Å². The first-order valence-electron chi connectivity index (χ1n) is 9.88. The van der Waals surface area contributed by atoms with Crippen LogP contribution in [0.15, 0.2) is 55.3 Å². The van der Waals surface area contributed by atoms with E-state index in [0.29, 0.717) is 29.9 Å². The first kappa shape index (κ1) is 26.1. The van der Waals surface area contributed by atoms with Crippen LogP contribution >= 0.6 is 55.0 Å². The number of benzene rings is 2. The van der Waals surface area contributed by atoms with Gasteiger partial charge in [-0.3, -0.25) is 9.11 Å². The van der Waals surface area contributed by atoms with E-state index < -0.39 is 26.1 Å². The SMILES string of the molecule is O=S(=O)(O)CCCCN1C(=Cc2sc3ccc(Br)cc3[n+]2CS(=O)(=O)O)Sc2ccc(Br)cc21. The molecule has 0 saturated heterocycles. The maximum atomic E-state index is 11.8. The normalized spacial score (nSPS) is 15.4. The molecule has 1 aliphatic rings. The maximum Gasteiger partial charge on any atom is 0.326 e. The maximum absolute atomic E-state index is 11.8. The van der Waals surface area contributed by atoms with Gasteiger partial charge in [0.05, 0.1) is 22.5 Å². The van der Waals surface area contributed by atoms with Gasteiger partial charge in [0.15, 0.2) is 0 Å². The van der Waals surface area contributed by atoms with E-state index in [0.717, 1.165) is 29.3 Å². The highest BCUT2D eigenvalue weighted by Crippen LogP contribution is 2.48. The molecule has 0 amide bonds. The number of anilines is 1. The Balaban J connectivity index is 1.74. The number of fused-ring (bicyclic) bond motifs is 2. The van der Waals surface area contributed by atoms with E-state index in [1.54, 1.807) is 10.6 Å². The fraction of sp³-hybridized carbons (Fsp3) is 0.250. The number of rotatable bonds is 8. The standard InChI is InChI=1S/C20H18Br2N2O6S4/c21-13-3-5-17-15(9-13)23(7-1-2-8-33(25,26)27)19(31-17)11-20-24(12-34(28,29)30)16-10-14(22)4-6-18(16)32-20/h3-6,9-11H,1-2,7-8,12H2,(H-,25,26,27,28,29,30)/p+1. The van der Waals surface area contributed by atoms with Crippen molar-refractivity contribution >= 4 is 97.2 Å². The molecular formula is C20H19Br2N2O6S4+. The Morgan fingerprint density at radius 2 is 1.68 bits per heavy atom. The molecule has 34 heavy (non-hydrogen) atoms. The number of unbranched alkanes of at least 4 members (excludes halogenated alkanes) is 1. The first-order chi connectivity index (χ1) is 15.9. The predicted molar refractivity (Wildman–Crippen MR) is 142 cm³/mol. The summed E-state index contributed by atoms with van der Waals surface area (Å²) < 4.78 is 68.4. The quantitative estimate of drug-likeness (QED) is 0.192. The molecule has 4 rings (SSSR count). The summed E-state index contributed by atoms with van der Waals surface area (Å²) in [6.07, 6.45) is 2.70. The minimum Gasteiger partial charge on any atom is -0.335 e. The molecule has 2 aromatic carbocycles. The second-order valence-corrected chi connectivity index (χ2v) is 14.5. The summed E-state index contributed by atoms with van der Waals surface area (Å²) in [5.41, 5.74) is 1.62. The van der Waals surface area contributed by atoms with E-state index in [9.17, 15) is 21.4 Å². The fourth-order valence-electron chi connectivity index (χ4n) is 3.55. The van der Waals surface area contributed by atoms with Gasteiger partial charge in [-0.05, 0) is 43.2 Å². The van der Waals surface area contributed by atoms with Gasteiger partial charge in [0.25, 0.3) is 21.0 Å². The van der Waals surface area contributed by atoms with E-state index >= 15 is 0 Å². The molecule has 2 N–H and O–H groups in total.